The molecule has 0 atom stereocenters. The molecule has 0 radical (unpaired) electrons. The minimum atomic E-state index is -4.13. The highest BCUT2D eigenvalue weighted by Crippen LogP contribution is 2.30. The van der Waals surface area contributed by atoms with Crippen LogP contribution in [0.3, 0.4) is 0 Å². The van der Waals surface area contributed by atoms with Crippen LogP contribution in [0.2, 0.25) is 0 Å². The summed E-state index contributed by atoms with van der Waals surface area (Å²) in [5, 5.41) is 13.7. The van der Waals surface area contributed by atoms with E-state index in [1.165, 1.54) is 18.2 Å². The number of rotatable bonds is 8. The number of anilines is 1. The van der Waals surface area contributed by atoms with Crippen LogP contribution in [-0.4, -0.2) is 24.3 Å². The van der Waals surface area contributed by atoms with Gasteiger partial charge in [0.1, 0.15) is 0 Å². The number of alkyl halides is 3. The molecule has 0 aliphatic rings. The van der Waals surface area contributed by atoms with E-state index in [4.69, 9.17) is 4.74 Å². The summed E-state index contributed by atoms with van der Waals surface area (Å²) < 4.78 is 41.1. The molecule has 8 heteroatoms. The second kappa shape index (κ2) is 7.70. The second-order valence-electron chi connectivity index (χ2n) is 4.37. The van der Waals surface area contributed by atoms with Gasteiger partial charge in [0.25, 0.3) is 0 Å². The average molecular weight is 306 g/mol. The van der Waals surface area contributed by atoms with Gasteiger partial charge in [-0.3, -0.25) is 10.1 Å². The van der Waals surface area contributed by atoms with Gasteiger partial charge in [-0.15, -0.1) is 0 Å². The van der Waals surface area contributed by atoms with Gasteiger partial charge in [0, 0.05) is 30.8 Å². The molecule has 0 fully saturated rings. The third-order valence-electron chi connectivity index (χ3n) is 2.67. The number of halogens is 3. The van der Waals surface area contributed by atoms with Crippen molar-refractivity contribution in [3.05, 3.63) is 28.3 Å². The number of unbranched alkanes of at least 4 members (excludes halogenated alkanes) is 1. The standard InChI is InChI=1S/C13H17F3N2O3/c1-2-21-12-9-10(5-6-11(12)18(19)20)17-8-4-3-7-13(14,15)16/h5-6,9,17H,2-4,7-8H2,1H3. The fourth-order valence-electron chi connectivity index (χ4n) is 1.73. The first-order chi connectivity index (χ1) is 9.83. The van der Waals surface area contributed by atoms with Gasteiger partial charge in [-0.1, -0.05) is 0 Å². The van der Waals surface area contributed by atoms with Crippen LogP contribution < -0.4 is 10.1 Å². The number of nitrogens with zero attached hydrogens (tertiary/aromatic N) is 1. The Balaban J connectivity index is 2.52. The molecule has 118 valence electrons. The summed E-state index contributed by atoms with van der Waals surface area (Å²) in [4.78, 5) is 10.3. The van der Waals surface area contributed by atoms with Gasteiger partial charge in [0.2, 0.25) is 0 Å². The highest BCUT2D eigenvalue weighted by Gasteiger charge is 2.25. The maximum absolute atomic E-state index is 12.0. The van der Waals surface area contributed by atoms with Crippen molar-refractivity contribution in [3.8, 4) is 5.75 Å². The number of nitro benzene ring substituents is 1. The van der Waals surface area contributed by atoms with Gasteiger partial charge >= 0.3 is 11.9 Å². The van der Waals surface area contributed by atoms with Crippen molar-refractivity contribution < 1.29 is 22.8 Å². The quantitative estimate of drug-likeness (QED) is 0.445. The van der Waals surface area contributed by atoms with Crippen LogP contribution in [0.25, 0.3) is 0 Å². The number of hydrogen-bond acceptors (Lipinski definition) is 4. The van der Waals surface area contributed by atoms with Gasteiger partial charge in [0.15, 0.2) is 5.75 Å². The molecule has 0 spiro atoms. The van der Waals surface area contributed by atoms with Crippen molar-refractivity contribution in [1.29, 1.82) is 0 Å². The Labute approximate surface area is 120 Å². The summed E-state index contributed by atoms with van der Waals surface area (Å²) in [7, 11) is 0. The molecule has 1 N–H and O–H groups in total. The van der Waals surface area contributed by atoms with Gasteiger partial charge in [0.05, 0.1) is 11.5 Å². The summed E-state index contributed by atoms with van der Waals surface area (Å²) in [6.07, 6.45) is -4.53. The Morgan fingerprint density at radius 3 is 2.62 bits per heavy atom. The van der Waals surface area contributed by atoms with Crippen molar-refractivity contribution >= 4 is 11.4 Å². The zero-order valence-corrected chi connectivity index (χ0v) is 11.6. The van der Waals surface area contributed by atoms with Crippen LogP contribution in [0.4, 0.5) is 24.5 Å². The third-order valence-corrected chi connectivity index (χ3v) is 2.67. The molecule has 1 aromatic carbocycles. The number of nitro groups is 1. The van der Waals surface area contributed by atoms with Crippen molar-refractivity contribution in [2.75, 3.05) is 18.5 Å². The predicted octanol–water partition coefficient (Wildman–Crippen LogP) is 4.14. The first-order valence-corrected chi connectivity index (χ1v) is 6.55. The first-order valence-electron chi connectivity index (χ1n) is 6.55. The SMILES string of the molecule is CCOc1cc(NCCCCC(F)(F)F)ccc1[N+](=O)[O-]. The van der Waals surface area contributed by atoms with Crippen LogP contribution in [0, 0.1) is 10.1 Å². The van der Waals surface area contributed by atoms with E-state index in [1.807, 2.05) is 0 Å². The van der Waals surface area contributed by atoms with Crippen molar-refractivity contribution in [3.63, 3.8) is 0 Å². The first kappa shape index (κ1) is 17.1. The Morgan fingerprint density at radius 2 is 2.05 bits per heavy atom. The van der Waals surface area contributed by atoms with E-state index in [9.17, 15) is 23.3 Å². The van der Waals surface area contributed by atoms with Gasteiger partial charge in [-0.05, 0) is 25.8 Å². The molecule has 0 aromatic heterocycles. The van der Waals surface area contributed by atoms with Crippen LogP contribution in [0.15, 0.2) is 18.2 Å². The van der Waals surface area contributed by atoms with Crippen LogP contribution >= 0.6 is 0 Å². The van der Waals surface area contributed by atoms with E-state index in [0.29, 0.717) is 18.7 Å². The molecule has 0 amide bonds. The molecule has 0 saturated carbocycles. The average Bonchev–Trinajstić information content (AvgIpc) is 2.37. The molecule has 21 heavy (non-hydrogen) atoms. The van der Waals surface area contributed by atoms with Crippen LogP contribution in [0.1, 0.15) is 26.2 Å². The molecule has 1 rings (SSSR count). The van der Waals surface area contributed by atoms with Crippen LogP contribution in [-0.2, 0) is 0 Å². The number of benzene rings is 1. The number of ether oxygens (including phenoxy) is 1. The second-order valence-corrected chi connectivity index (χ2v) is 4.37. The molecule has 0 saturated heterocycles. The highest BCUT2D eigenvalue weighted by molar-refractivity contribution is 5.57. The van der Waals surface area contributed by atoms with Gasteiger partial charge in [-0.2, -0.15) is 13.2 Å². The summed E-state index contributed by atoms with van der Waals surface area (Å²) in [5.41, 5.74) is 0.440. The summed E-state index contributed by atoms with van der Waals surface area (Å²) >= 11 is 0. The predicted molar refractivity (Wildman–Crippen MR) is 72.7 cm³/mol. The Hall–Kier alpha value is -1.99. The van der Waals surface area contributed by atoms with Crippen LogP contribution in [0.5, 0.6) is 5.75 Å². The molecular formula is C13H17F3N2O3. The number of hydrogen-bond donors (Lipinski definition) is 1. The maximum atomic E-state index is 12.0. The lowest BCUT2D eigenvalue weighted by atomic mass is 10.2. The Morgan fingerprint density at radius 1 is 1.33 bits per heavy atom. The van der Waals surface area contributed by atoms with E-state index < -0.39 is 17.5 Å². The summed E-state index contributed by atoms with van der Waals surface area (Å²) in [6.45, 7) is 2.36. The monoisotopic (exact) mass is 306 g/mol. The Bertz CT molecular complexity index is 478. The molecule has 0 aliphatic carbocycles. The molecule has 0 heterocycles. The van der Waals surface area contributed by atoms with Crippen molar-refractivity contribution in [1.82, 2.24) is 0 Å². The van der Waals surface area contributed by atoms with E-state index in [0.717, 1.165) is 0 Å². The van der Waals surface area contributed by atoms with E-state index in [-0.39, 0.29) is 24.5 Å². The molecule has 0 aliphatic heterocycles. The van der Waals surface area contributed by atoms with E-state index in [2.05, 4.69) is 5.32 Å². The highest BCUT2D eigenvalue weighted by atomic mass is 19.4. The zero-order valence-electron chi connectivity index (χ0n) is 11.6. The smallest absolute Gasteiger partial charge is 0.389 e. The molecule has 0 unspecified atom stereocenters. The molecule has 5 nitrogen and oxygen atoms in total. The molecule has 0 bridgehead atoms. The lowest BCUT2D eigenvalue weighted by Gasteiger charge is -2.10. The van der Waals surface area contributed by atoms with Gasteiger partial charge in [-0.25, -0.2) is 0 Å². The fraction of sp³-hybridized carbons (Fsp3) is 0.538. The minimum absolute atomic E-state index is 0.0435. The maximum Gasteiger partial charge on any atom is 0.389 e. The van der Waals surface area contributed by atoms with E-state index in [1.54, 1.807) is 6.92 Å². The number of nitrogens with one attached hydrogen (secondary N) is 1. The van der Waals surface area contributed by atoms with Gasteiger partial charge < -0.3 is 10.1 Å². The zero-order chi connectivity index (χ0) is 15.9. The topological polar surface area (TPSA) is 64.4 Å². The molecular weight excluding hydrogens is 289 g/mol. The Kier molecular flexibility index (Phi) is 6.26. The minimum Gasteiger partial charge on any atom is -0.487 e. The third kappa shape index (κ3) is 6.33. The lowest BCUT2D eigenvalue weighted by molar-refractivity contribution is -0.385. The van der Waals surface area contributed by atoms with Crippen molar-refractivity contribution in [2.24, 2.45) is 0 Å². The lowest BCUT2D eigenvalue weighted by Crippen LogP contribution is -2.09. The summed E-state index contributed by atoms with van der Waals surface area (Å²) in [6, 6.07) is 4.29. The normalized spacial score (nSPS) is 11.2. The fourth-order valence-corrected chi connectivity index (χ4v) is 1.73. The molecule has 1 aromatic rings. The van der Waals surface area contributed by atoms with Crippen molar-refractivity contribution in [2.45, 2.75) is 32.4 Å². The van der Waals surface area contributed by atoms with E-state index >= 15 is 0 Å². The largest absolute Gasteiger partial charge is 0.487 e. The summed E-state index contributed by atoms with van der Waals surface area (Å²) in [5.74, 6) is 0.141.